The fraction of sp³-hybridized carbons (Fsp3) is 0.500. The second kappa shape index (κ2) is 9.35. The molecule has 1 saturated heterocycles. The van der Waals surface area contributed by atoms with Crippen LogP contribution in [0.5, 0.6) is 11.5 Å². The number of ether oxygens (including phenoxy) is 2. The third-order valence-electron chi connectivity index (χ3n) is 7.44. The Morgan fingerprint density at radius 3 is 2.50 bits per heavy atom. The van der Waals surface area contributed by atoms with Crippen molar-refractivity contribution in [2.24, 2.45) is 0 Å². The van der Waals surface area contributed by atoms with E-state index >= 15 is 0 Å². The van der Waals surface area contributed by atoms with Crippen molar-refractivity contribution < 1.29 is 9.47 Å². The Morgan fingerprint density at radius 1 is 0.941 bits per heavy atom. The van der Waals surface area contributed by atoms with Gasteiger partial charge in [0.1, 0.15) is 0 Å². The van der Waals surface area contributed by atoms with Crippen LogP contribution in [-0.4, -0.2) is 63.0 Å². The molecule has 3 heterocycles. The van der Waals surface area contributed by atoms with E-state index in [2.05, 4.69) is 73.3 Å². The van der Waals surface area contributed by atoms with Crippen LogP contribution >= 0.6 is 0 Å². The van der Waals surface area contributed by atoms with E-state index in [0.29, 0.717) is 12.8 Å². The summed E-state index contributed by atoms with van der Waals surface area (Å²) in [6.07, 6.45) is 4.86. The Balaban J connectivity index is 1.20. The molecule has 1 aliphatic carbocycles. The summed E-state index contributed by atoms with van der Waals surface area (Å²) in [6, 6.07) is 15.6. The molecule has 3 aliphatic rings. The zero-order chi connectivity index (χ0) is 22.9. The van der Waals surface area contributed by atoms with Gasteiger partial charge in [-0.3, -0.25) is 9.80 Å². The largest absolute Gasteiger partial charge is 0.454 e. The van der Waals surface area contributed by atoms with Gasteiger partial charge in [0.15, 0.2) is 17.3 Å². The van der Waals surface area contributed by atoms with Crippen LogP contribution in [0.4, 0.5) is 0 Å². The van der Waals surface area contributed by atoms with Crippen molar-refractivity contribution in [2.45, 2.75) is 51.2 Å². The number of aryl methyl sites for hydroxylation is 1. The number of rotatable bonds is 6. The zero-order valence-electron chi connectivity index (χ0n) is 19.8. The van der Waals surface area contributed by atoms with Gasteiger partial charge in [0.25, 0.3) is 0 Å². The second-order valence-corrected chi connectivity index (χ2v) is 9.73. The minimum Gasteiger partial charge on any atom is -0.454 e. The predicted molar refractivity (Wildman–Crippen MR) is 128 cm³/mol. The summed E-state index contributed by atoms with van der Waals surface area (Å²) in [5, 5.41) is 13.2. The number of hydrogen-bond acceptors (Lipinski definition) is 7. The summed E-state index contributed by atoms with van der Waals surface area (Å²) in [5.41, 5.74) is 3.80. The minimum atomic E-state index is 0.0730. The molecule has 0 spiro atoms. The van der Waals surface area contributed by atoms with E-state index in [4.69, 9.17) is 9.47 Å². The summed E-state index contributed by atoms with van der Waals surface area (Å²) in [5.74, 6) is 2.68. The molecule has 2 aliphatic heterocycles. The standard InChI is InChI=1S/C26H32N6O2/c1-19-6-9-21(10-7-19)25(26-27-28-29-32(26)22-4-2-3-5-22)31-14-12-30(13-15-31)17-20-8-11-23-24(16-20)34-18-33-23/h6-11,16,22,25H,2-5,12-15,17-18H2,1H3/t25-/m1/s1. The summed E-state index contributed by atoms with van der Waals surface area (Å²) in [4.78, 5) is 5.07. The highest BCUT2D eigenvalue weighted by atomic mass is 16.7. The molecule has 1 aromatic heterocycles. The summed E-state index contributed by atoms with van der Waals surface area (Å²) >= 11 is 0. The average molecular weight is 461 g/mol. The molecule has 2 fully saturated rings. The topological polar surface area (TPSA) is 68.5 Å². The van der Waals surface area contributed by atoms with Gasteiger partial charge in [-0.05, 0) is 53.5 Å². The number of aromatic nitrogens is 4. The van der Waals surface area contributed by atoms with Gasteiger partial charge in [0.05, 0.1) is 12.1 Å². The first-order chi connectivity index (χ1) is 16.7. The van der Waals surface area contributed by atoms with Crippen molar-refractivity contribution in [3.8, 4) is 11.5 Å². The molecular weight excluding hydrogens is 428 g/mol. The summed E-state index contributed by atoms with van der Waals surface area (Å²) in [7, 11) is 0. The molecule has 6 rings (SSSR count). The molecule has 8 heteroatoms. The molecule has 3 aromatic rings. The fourth-order valence-electron chi connectivity index (χ4n) is 5.54. The predicted octanol–water partition coefficient (Wildman–Crippen LogP) is 3.73. The third kappa shape index (κ3) is 4.28. The van der Waals surface area contributed by atoms with Crippen LogP contribution in [0, 0.1) is 6.92 Å². The lowest BCUT2D eigenvalue weighted by atomic mass is 10.0. The van der Waals surface area contributed by atoms with Gasteiger partial charge < -0.3 is 9.47 Å². The van der Waals surface area contributed by atoms with Crippen LogP contribution in [0.25, 0.3) is 0 Å². The Hall–Kier alpha value is -2.97. The Kier molecular flexibility index (Phi) is 5.93. The summed E-state index contributed by atoms with van der Waals surface area (Å²) in [6.45, 7) is 7.32. The maximum Gasteiger partial charge on any atom is 0.231 e. The van der Waals surface area contributed by atoms with E-state index in [0.717, 1.165) is 50.0 Å². The molecule has 34 heavy (non-hydrogen) atoms. The van der Waals surface area contributed by atoms with Crippen molar-refractivity contribution in [2.75, 3.05) is 33.0 Å². The smallest absolute Gasteiger partial charge is 0.231 e. The number of piperazine rings is 1. The van der Waals surface area contributed by atoms with Gasteiger partial charge in [-0.1, -0.05) is 48.7 Å². The molecule has 1 atom stereocenters. The van der Waals surface area contributed by atoms with Crippen LogP contribution in [-0.2, 0) is 6.54 Å². The molecule has 0 unspecified atom stereocenters. The minimum absolute atomic E-state index is 0.0730. The molecule has 0 amide bonds. The van der Waals surface area contributed by atoms with Crippen LogP contribution in [0.1, 0.15) is 60.3 Å². The van der Waals surface area contributed by atoms with E-state index in [9.17, 15) is 0 Å². The Labute approximate surface area is 200 Å². The highest BCUT2D eigenvalue weighted by molar-refractivity contribution is 5.44. The Bertz CT molecular complexity index is 1120. The monoisotopic (exact) mass is 460 g/mol. The molecule has 0 radical (unpaired) electrons. The normalized spacial score (nSPS) is 20.1. The van der Waals surface area contributed by atoms with Gasteiger partial charge in [-0.2, -0.15) is 0 Å². The Morgan fingerprint density at radius 2 is 1.71 bits per heavy atom. The number of hydrogen-bond donors (Lipinski definition) is 0. The highest BCUT2D eigenvalue weighted by Gasteiger charge is 2.33. The number of nitrogens with zero attached hydrogens (tertiary/aromatic N) is 6. The van der Waals surface area contributed by atoms with Gasteiger partial charge in [-0.15, -0.1) is 5.10 Å². The van der Waals surface area contributed by atoms with Crippen molar-refractivity contribution >= 4 is 0 Å². The number of tetrazole rings is 1. The lowest BCUT2D eigenvalue weighted by molar-refractivity contribution is 0.0992. The molecule has 0 bridgehead atoms. The first kappa shape index (κ1) is 21.6. The summed E-state index contributed by atoms with van der Waals surface area (Å²) < 4.78 is 13.1. The van der Waals surface area contributed by atoms with Gasteiger partial charge in [0.2, 0.25) is 6.79 Å². The highest BCUT2D eigenvalue weighted by Crippen LogP contribution is 2.35. The van der Waals surface area contributed by atoms with E-state index in [1.54, 1.807) is 0 Å². The maximum atomic E-state index is 5.56. The van der Waals surface area contributed by atoms with Gasteiger partial charge >= 0.3 is 0 Å². The lowest BCUT2D eigenvalue weighted by Gasteiger charge is -2.39. The van der Waals surface area contributed by atoms with Gasteiger partial charge in [0, 0.05) is 32.7 Å². The zero-order valence-corrected chi connectivity index (χ0v) is 19.8. The molecule has 2 aromatic carbocycles. The second-order valence-electron chi connectivity index (χ2n) is 9.73. The van der Waals surface area contributed by atoms with E-state index in [1.165, 1.54) is 42.4 Å². The quantitative estimate of drug-likeness (QED) is 0.555. The molecular formula is C26H32N6O2. The first-order valence-electron chi connectivity index (χ1n) is 12.4. The van der Waals surface area contributed by atoms with Crippen molar-refractivity contribution in [3.05, 3.63) is 65.0 Å². The van der Waals surface area contributed by atoms with Crippen molar-refractivity contribution in [3.63, 3.8) is 0 Å². The van der Waals surface area contributed by atoms with Crippen molar-refractivity contribution in [1.29, 1.82) is 0 Å². The molecule has 0 N–H and O–H groups in total. The van der Waals surface area contributed by atoms with Crippen molar-refractivity contribution in [1.82, 2.24) is 30.0 Å². The number of fused-ring (bicyclic) bond motifs is 1. The lowest BCUT2D eigenvalue weighted by Crippen LogP contribution is -2.48. The van der Waals surface area contributed by atoms with E-state index in [-0.39, 0.29) is 6.04 Å². The van der Waals surface area contributed by atoms with Crippen LogP contribution in [0.2, 0.25) is 0 Å². The van der Waals surface area contributed by atoms with E-state index in [1.807, 2.05) is 6.07 Å². The fourth-order valence-corrected chi connectivity index (χ4v) is 5.54. The first-order valence-corrected chi connectivity index (χ1v) is 12.4. The SMILES string of the molecule is Cc1ccc([C@H](c2nnnn2C2CCCC2)N2CCN(Cc3ccc4c(c3)OCO4)CC2)cc1. The molecule has 1 saturated carbocycles. The molecule has 8 nitrogen and oxygen atoms in total. The number of benzene rings is 2. The van der Waals surface area contributed by atoms with E-state index < -0.39 is 0 Å². The average Bonchev–Trinajstić information content (AvgIpc) is 3.63. The van der Waals surface area contributed by atoms with Gasteiger partial charge in [-0.25, -0.2) is 4.68 Å². The maximum absolute atomic E-state index is 5.56. The van der Waals surface area contributed by atoms with Crippen LogP contribution < -0.4 is 9.47 Å². The van der Waals surface area contributed by atoms with Crippen LogP contribution in [0.15, 0.2) is 42.5 Å². The molecule has 178 valence electrons. The van der Waals surface area contributed by atoms with Crippen LogP contribution in [0.3, 0.4) is 0 Å². The third-order valence-corrected chi connectivity index (χ3v) is 7.44.